The Labute approximate surface area is 279 Å². The van der Waals surface area contributed by atoms with Crippen LogP contribution in [-0.2, 0) is 6.42 Å². The molecule has 0 aromatic heterocycles. The molecule has 4 atom stereocenters. The third kappa shape index (κ3) is 7.63. The Balaban J connectivity index is 1.56. The van der Waals surface area contributed by atoms with Gasteiger partial charge >= 0.3 is 6.03 Å². The number of hydrogen-bond acceptors (Lipinski definition) is 5. The van der Waals surface area contributed by atoms with Gasteiger partial charge in [-0.05, 0) is 118 Å². The molecule has 3 aliphatic carbocycles. The number of ether oxygens (including phenoxy) is 1. The second-order valence-electron chi connectivity index (χ2n) is 13.7. The van der Waals surface area contributed by atoms with Crippen LogP contribution in [0, 0.1) is 5.41 Å². The monoisotopic (exact) mass is 638 g/mol. The maximum atomic E-state index is 14.3. The summed E-state index contributed by atoms with van der Waals surface area (Å²) in [7, 11) is 1.60. The molecule has 1 saturated carbocycles. The number of aliphatic hydroxyl groups is 2. The molecule has 4 unspecified atom stereocenters. The van der Waals surface area contributed by atoms with Gasteiger partial charge in [-0.15, -0.1) is 0 Å². The number of fused-ring (bicyclic) bond motifs is 8. The molecular formula is C40H50N2O5. The Kier molecular flexibility index (Phi) is 10.9. The second-order valence-corrected chi connectivity index (χ2v) is 13.7. The van der Waals surface area contributed by atoms with E-state index in [1.54, 1.807) is 36.3 Å². The number of urea groups is 1. The largest absolute Gasteiger partial charge is 0.497 e. The number of hydrogen-bond donors (Lipinski definition) is 3. The van der Waals surface area contributed by atoms with E-state index in [1.807, 2.05) is 55.5 Å². The highest BCUT2D eigenvalue weighted by molar-refractivity contribution is 6.10. The molecule has 7 heteroatoms. The highest BCUT2D eigenvalue weighted by atomic mass is 16.5. The maximum absolute atomic E-state index is 14.3. The quantitative estimate of drug-likeness (QED) is 0.172. The number of nitrogens with zero attached hydrogens (tertiary/aromatic N) is 1. The number of allylic oxidation sites excluding steroid dienone is 2. The summed E-state index contributed by atoms with van der Waals surface area (Å²) < 4.78 is 5.33. The Morgan fingerprint density at radius 2 is 1.77 bits per heavy atom. The number of methoxy groups -OCH3 is 1. The van der Waals surface area contributed by atoms with Crippen molar-refractivity contribution in [3.05, 3.63) is 107 Å². The minimum Gasteiger partial charge on any atom is -0.497 e. The number of rotatable bonds is 8. The highest BCUT2D eigenvalue weighted by Crippen LogP contribution is 2.59. The van der Waals surface area contributed by atoms with E-state index in [4.69, 9.17) is 4.74 Å². The van der Waals surface area contributed by atoms with Crippen LogP contribution in [0.1, 0.15) is 98.7 Å². The molecule has 0 heterocycles. The van der Waals surface area contributed by atoms with Crippen LogP contribution >= 0.6 is 0 Å². The van der Waals surface area contributed by atoms with Crippen molar-refractivity contribution in [2.75, 3.05) is 25.5 Å². The third-order valence-electron chi connectivity index (χ3n) is 10.5. The molecule has 2 bridgehead atoms. The number of nitrogens with one attached hydrogen (secondary N) is 1. The average Bonchev–Trinajstić information content (AvgIpc) is 3.32. The summed E-state index contributed by atoms with van der Waals surface area (Å²) in [4.78, 5) is 29.6. The van der Waals surface area contributed by atoms with Gasteiger partial charge in [0.15, 0.2) is 5.78 Å². The van der Waals surface area contributed by atoms with E-state index in [0.717, 1.165) is 30.4 Å². The van der Waals surface area contributed by atoms with Crippen LogP contribution in [0.5, 0.6) is 5.75 Å². The number of carbonyl (C=O) groups is 2. The summed E-state index contributed by atoms with van der Waals surface area (Å²) in [6.07, 6.45) is 6.99. The lowest BCUT2D eigenvalue weighted by molar-refractivity contribution is -0.0763. The van der Waals surface area contributed by atoms with Gasteiger partial charge in [-0.1, -0.05) is 55.8 Å². The molecule has 250 valence electrons. The van der Waals surface area contributed by atoms with Crippen molar-refractivity contribution in [1.82, 2.24) is 4.90 Å². The minimum absolute atomic E-state index is 0.0885. The van der Waals surface area contributed by atoms with E-state index in [9.17, 15) is 19.8 Å². The number of aliphatic hydroxyl groups excluding tert-OH is 1. The molecule has 1 fully saturated rings. The minimum atomic E-state index is -1.19. The average molecular weight is 639 g/mol. The van der Waals surface area contributed by atoms with Crippen molar-refractivity contribution >= 4 is 17.5 Å². The summed E-state index contributed by atoms with van der Waals surface area (Å²) in [5.74, 6) is 0.466. The zero-order valence-corrected chi connectivity index (χ0v) is 28.3. The van der Waals surface area contributed by atoms with Gasteiger partial charge in [-0.25, -0.2) is 4.79 Å². The van der Waals surface area contributed by atoms with Crippen LogP contribution in [0.15, 0.2) is 84.4 Å². The van der Waals surface area contributed by atoms with E-state index in [1.165, 1.54) is 5.57 Å². The number of para-hydroxylation sites is 1. The van der Waals surface area contributed by atoms with Crippen molar-refractivity contribution in [2.24, 2.45) is 5.41 Å². The molecule has 7 nitrogen and oxygen atoms in total. The van der Waals surface area contributed by atoms with Crippen molar-refractivity contribution in [3.8, 4) is 5.75 Å². The first-order chi connectivity index (χ1) is 22.6. The zero-order chi connectivity index (χ0) is 33.6. The van der Waals surface area contributed by atoms with E-state index < -0.39 is 17.1 Å². The number of carbonyl (C=O) groups excluding carboxylic acids is 2. The van der Waals surface area contributed by atoms with Gasteiger partial charge in [0, 0.05) is 28.8 Å². The van der Waals surface area contributed by atoms with E-state index in [2.05, 4.69) is 25.2 Å². The number of ketones is 1. The van der Waals surface area contributed by atoms with Crippen molar-refractivity contribution < 1.29 is 24.5 Å². The molecule has 0 spiro atoms. The smallest absolute Gasteiger partial charge is 0.321 e. The summed E-state index contributed by atoms with van der Waals surface area (Å²) in [5.41, 5.74) is 3.11. The standard InChI is InChI=1S/C40H50N2O5/c1-5-24-42(38(45)41-31-11-7-6-8-12-31)27-40(46)23-21-36-34-20-14-29(25-32(43)17-13-28(2)10-9-22-39(36,40)3)26-35(34)37(44)30-15-18-33(47-4)19-16-30/h6-8,10-12,14-16,18-20,26,32,36,43,46H,5,9,13,17,21-25,27H2,1-4H3,(H,41,45). The summed E-state index contributed by atoms with van der Waals surface area (Å²) in [6, 6.07) is 22.4. The van der Waals surface area contributed by atoms with E-state index in [-0.39, 0.29) is 24.3 Å². The molecule has 3 aromatic rings. The number of anilines is 1. The second kappa shape index (κ2) is 14.9. The molecular weight excluding hydrogens is 588 g/mol. The van der Waals surface area contributed by atoms with Gasteiger partial charge in [0.2, 0.25) is 0 Å². The molecule has 0 aliphatic heterocycles. The lowest BCUT2D eigenvalue weighted by atomic mass is 9.64. The molecule has 0 saturated heterocycles. The van der Waals surface area contributed by atoms with Crippen LogP contribution in [-0.4, -0.2) is 58.8 Å². The third-order valence-corrected chi connectivity index (χ3v) is 10.5. The molecule has 3 N–H and O–H groups in total. The molecule has 47 heavy (non-hydrogen) atoms. The van der Waals surface area contributed by atoms with E-state index in [0.29, 0.717) is 61.2 Å². The van der Waals surface area contributed by atoms with Crippen LogP contribution in [0.25, 0.3) is 0 Å². The van der Waals surface area contributed by atoms with Crippen LogP contribution in [0.4, 0.5) is 10.5 Å². The molecule has 3 aromatic carbocycles. The van der Waals surface area contributed by atoms with Gasteiger partial charge in [0.1, 0.15) is 5.75 Å². The fourth-order valence-electron chi connectivity index (χ4n) is 7.66. The van der Waals surface area contributed by atoms with Gasteiger partial charge in [0.25, 0.3) is 0 Å². The molecule has 0 radical (unpaired) electrons. The van der Waals surface area contributed by atoms with Crippen LogP contribution < -0.4 is 10.1 Å². The normalized spacial score (nSPS) is 24.5. The van der Waals surface area contributed by atoms with E-state index >= 15 is 0 Å². The Morgan fingerprint density at radius 1 is 1.02 bits per heavy atom. The van der Waals surface area contributed by atoms with Crippen LogP contribution in [0.3, 0.4) is 0 Å². The maximum Gasteiger partial charge on any atom is 0.321 e. The first kappa shape index (κ1) is 34.4. The molecule has 3 aliphatic rings. The highest BCUT2D eigenvalue weighted by Gasteiger charge is 2.57. The Hall–Kier alpha value is -3.94. The van der Waals surface area contributed by atoms with Crippen molar-refractivity contribution in [3.63, 3.8) is 0 Å². The van der Waals surface area contributed by atoms with Gasteiger partial charge in [0.05, 0.1) is 25.4 Å². The topological polar surface area (TPSA) is 99.1 Å². The number of amides is 2. The molecule has 6 rings (SSSR count). The van der Waals surface area contributed by atoms with Crippen molar-refractivity contribution in [2.45, 2.75) is 89.8 Å². The molecule has 2 amide bonds. The lowest BCUT2D eigenvalue weighted by Gasteiger charge is -2.46. The predicted octanol–water partition coefficient (Wildman–Crippen LogP) is 7.91. The predicted molar refractivity (Wildman–Crippen MR) is 187 cm³/mol. The number of benzene rings is 3. The first-order valence-electron chi connectivity index (χ1n) is 17.1. The summed E-state index contributed by atoms with van der Waals surface area (Å²) in [5, 5.41) is 26.7. The summed E-state index contributed by atoms with van der Waals surface area (Å²) in [6.45, 7) is 7.00. The van der Waals surface area contributed by atoms with Crippen molar-refractivity contribution in [1.29, 1.82) is 0 Å². The van der Waals surface area contributed by atoms with Gasteiger partial charge in [-0.2, -0.15) is 0 Å². The Bertz CT molecular complexity index is 1570. The SMILES string of the molecule is CCCN(CC1(O)CCC2c3ccc(cc3C(=O)c3ccc(OC)cc3)CC(O)CCC(C)=CCCC21C)C(=O)Nc1ccccc1. The first-order valence-corrected chi connectivity index (χ1v) is 17.1. The lowest BCUT2D eigenvalue weighted by Crippen LogP contribution is -2.54. The zero-order valence-electron chi connectivity index (χ0n) is 28.3. The van der Waals surface area contributed by atoms with Gasteiger partial charge in [-0.3, -0.25) is 4.79 Å². The Morgan fingerprint density at radius 3 is 2.47 bits per heavy atom. The van der Waals surface area contributed by atoms with Gasteiger partial charge < -0.3 is 25.2 Å². The van der Waals surface area contributed by atoms with Crippen LogP contribution in [0.2, 0.25) is 0 Å². The fourth-order valence-corrected chi connectivity index (χ4v) is 7.66. The fraction of sp³-hybridized carbons (Fsp3) is 0.450. The summed E-state index contributed by atoms with van der Waals surface area (Å²) >= 11 is 0.